The van der Waals surface area contributed by atoms with Gasteiger partial charge < -0.3 is 5.11 Å². The molecule has 15 heteroatoms. The minimum Gasteiger partial charge on any atom is -0.464 e. The van der Waals surface area contributed by atoms with Crippen LogP contribution in [0.25, 0.3) is 10.2 Å². The quantitative estimate of drug-likeness (QED) is 0.359. The van der Waals surface area contributed by atoms with Crippen LogP contribution in [-0.2, 0) is 30.2 Å². The maximum absolute atomic E-state index is 13.6. The van der Waals surface area contributed by atoms with Crippen molar-refractivity contribution in [3.8, 4) is 0 Å². The van der Waals surface area contributed by atoms with E-state index in [1.807, 2.05) is 13.8 Å². The van der Waals surface area contributed by atoms with E-state index in [0.717, 1.165) is 31.5 Å². The zero-order valence-corrected chi connectivity index (χ0v) is 22.9. The van der Waals surface area contributed by atoms with Crippen molar-refractivity contribution in [2.75, 3.05) is 0 Å². The minimum absolute atomic E-state index is 0.0252. The van der Waals surface area contributed by atoms with Crippen molar-refractivity contribution in [1.29, 1.82) is 0 Å². The summed E-state index contributed by atoms with van der Waals surface area (Å²) in [5.74, 6) is 0. The Morgan fingerprint density at radius 2 is 1.89 bits per heavy atom. The van der Waals surface area contributed by atoms with Gasteiger partial charge in [-0.3, -0.25) is 18.6 Å². The molecule has 12 nitrogen and oxygen atoms in total. The Morgan fingerprint density at radius 3 is 2.43 bits per heavy atom. The highest BCUT2D eigenvalue weighted by Crippen LogP contribution is 2.45. The molecule has 1 N–H and O–H groups in total. The molecule has 0 spiro atoms. The third-order valence-electron chi connectivity index (χ3n) is 6.40. The molecular formula is C22H24N6O6S3. The lowest BCUT2D eigenvalue weighted by Gasteiger charge is -2.24. The number of hydrogen-bond acceptors (Lipinski definition) is 9. The molecule has 0 bridgehead atoms. The third-order valence-corrected chi connectivity index (χ3v) is 11.0. The van der Waals surface area contributed by atoms with Gasteiger partial charge in [-0.1, -0.05) is 0 Å². The van der Waals surface area contributed by atoms with E-state index in [4.69, 9.17) is 0 Å². The molecule has 0 atom stereocenters. The highest BCUT2D eigenvalue weighted by Gasteiger charge is 2.53. The summed E-state index contributed by atoms with van der Waals surface area (Å²) in [6.45, 7) is 5.26. The van der Waals surface area contributed by atoms with E-state index in [1.165, 1.54) is 22.0 Å². The van der Waals surface area contributed by atoms with Crippen molar-refractivity contribution >= 4 is 49.0 Å². The van der Waals surface area contributed by atoms with Crippen molar-refractivity contribution in [1.82, 2.24) is 28.2 Å². The molecule has 196 valence electrons. The van der Waals surface area contributed by atoms with Crippen LogP contribution in [0.1, 0.15) is 40.9 Å². The fourth-order valence-electron chi connectivity index (χ4n) is 4.28. The Balaban J connectivity index is 1.74. The maximum Gasteiger partial charge on any atom is 0.421 e. The van der Waals surface area contributed by atoms with E-state index in [1.54, 1.807) is 31.0 Å². The first-order valence-corrected chi connectivity index (χ1v) is 14.3. The molecule has 1 aliphatic rings. The molecule has 0 saturated heterocycles. The van der Waals surface area contributed by atoms with Gasteiger partial charge in [0.1, 0.15) is 9.04 Å². The van der Waals surface area contributed by atoms with Gasteiger partial charge in [-0.05, 0) is 39.7 Å². The summed E-state index contributed by atoms with van der Waals surface area (Å²) in [6, 6.07) is 1.18. The zero-order valence-electron chi connectivity index (χ0n) is 20.5. The number of thiophene rings is 1. The molecule has 5 rings (SSSR count). The Morgan fingerprint density at radius 1 is 1.19 bits per heavy atom. The maximum atomic E-state index is 13.6. The number of nitrogens with zero attached hydrogens (tertiary/aromatic N) is 6. The molecule has 0 aromatic carbocycles. The van der Waals surface area contributed by atoms with Gasteiger partial charge in [-0.25, -0.2) is 14.6 Å². The molecule has 1 saturated carbocycles. The van der Waals surface area contributed by atoms with Crippen LogP contribution in [0.3, 0.4) is 0 Å². The van der Waals surface area contributed by atoms with Crippen molar-refractivity contribution in [2.45, 2.75) is 56.5 Å². The summed E-state index contributed by atoms with van der Waals surface area (Å²) >= 11 is 2.13. The standard InChI is InChI=1S/C22H24N6O6S3/c1-12-16(35-13(2)24-12)11-27-19-15(18(29)26(20(27)30)10-14-8-23-25(4)9-14)7-17(36-19)37(33,34)28(21(31)32)22(3)5-6-22/h7-9H,5-6,10-11H2,1-4H3,(H,31,32). The van der Waals surface area contributed by atoms with E-state index in [0.29, 0.717) is 22.7 Å². The molecule has 37 heavy (non-hydrogen) atoms. The third kappa shape index (κ3) is 4.30. The summed E-state index contributed by atoms with van der Waals surface area (Å²) < 4.78 is 31.1. The van der Waals surface area contributed by atoms with Crippen molar-refractivity contribution in [2.24, 2.45) is 7.05 Å². The predicted octanol–water partition coefficient (Wildman–Crippen LogP) is 2.35. The first-order valence-electron chi connectivity index (χ1n) is 11.3. The molecule has 4 heterocycles. The largest absolute Gasteiger partial charge is 0.464 e. The number of rotatable bonds is 7. The number of hydrogen-bond donors (Lipinski definition) is 1. The van der Waals surface area contributed by atoms with E-state index in [2.05, 4.69) is 10.1 Å². The second kappa shape index (κ2) is 8.63. The van der Waals surface area contributed by atoms with Crippen LogP contribution in [-0.4, -0.2) is 53.4 Å². The molecule has 1 amide bonds. The lowest BCUT2D eigenvalue weighted by Crippen LogP contribution is -2.43. The average molecular weight is 565 g/mol. The smallest absolute Gasteiger partial charge is 0.421 e. The topological polar surface area (TPSA) is 149 Å². The summed E-state index contributed by atoms with van der Waals surface area (Å²) in [6.07, 6.45) is 2.47. The fraction of sp³-hybridized carbons (Fsp3) is 0.409. The van der Waals surface area contributed by atoms with Crippen LogP contribution in [0.4, 0.5) is 4.79 Å². The van der Waals surface area contributed by atoms with Crippen molar-refractivity contribution in [3.63, 3.8) is 0 Å². The van der Waals surface area contributed by atoms with Crippen LogP contribution >= 0.6 is 22.7 Å². The van der Waals surface area contributed by atoms with Crippen molar-refractivity contribution in [3.05, 3.63) is 60.4 Å². The Labute approximate surface area is 219 Å². The lowest BCUT2D eigenvalue weighted by molar-refractivity contribution is 0.159. The number of aromatic nitrogens is 5. The van der Waals surface area contributed by atoms with Gasteiger partial charge in [0.25, 0.3) is 15.6 Å². The number of carboxylic acid groups (broad SMARTS) is 1. The highest BCUT2D eigenvalue weighted by atomic mass is 32.2. The Hall–Kier alpha value is -3.30. The second-order valence-corrected chi connectivity index (χ2v) is 13.7. The van der Waals surface area contributed by atoms with Crippen LogP contribution in [0.2, 0.25) is 0 Å². The first-order chi connectivity index (χ1) is 17.3. The molecule has 1 aliphatic carbocycles. The SMILES string of the molecule is Cc1nc(C)c(Cn2c(=O)n(Cc3cnn(C)c3)c(=O)c3cc(S(=O)(=O)N(C(=O)O)C4(C)CC4)sc32)s1. The van der Waals surface area contributed by atoms with Gasteiger partial charge in [0.15, 0.2) is 0 Å². The van der Waals surface area contributed by atoms with Crippen LogP contribution < -0.4 is 11.2 Å². The number of aryl methyl sites for hydroxylation is 3. The van der Waals surface area contributed by atoms with E-state index in [9.17, 15) is 27.9 Å². The molecule has 0 unspecified atom stereocenters. The van der Waals surface area contributed by atoms with E-state index >= 15 is 0 Å². The van der Waals surface area contributed by atoms with Crippen LogP contribution in [0, 0.1) is 13.8 Å². The number of thiazole rings is 1. The first kappa shape index (κ1) is 25.4. The van der Waals surface area contributed by atoms with Gasteiger partial charge >= 0.3 is 11.8 Å². The number of fused-ring (bicyclic) bond motifs is 1. The average Bonchev–Trinajstić information content (AvgIpc) is 3.14. The van der Waals surface area contributed by atoms with Gasteiger partial charge in [-0.15, -0.1) is 22.7 Å². The Bertz CT molecular complexity index is 1790. The van der Waals surface area contributed by atoms with Crippen LogP contribution in [0.15, 0.2) is 32.3 Å². The molecule has 4 aromatic rings. The van der Waals surface area contributed by atoms with Gasteiger partial charge in [-0.2, -0.15) is 17.8 Å². The molecule has 1 fully saturated rings. The number of amides is 1. The van der Waals surface area contributed by atoms with E-state index in [-0.39, 0.29) is 27.5 Å². The summed E-state index contributed by atoms with van der Waals surface area (Å²) in [7, 11) is -2.77. The predicted molar refractivity (Wildman–Crippen MR) is 138 cm³/mol. The summed E-state index contributed by atoms with van der Waals surface area (Å²) in [5.41, 5.74) is -0.940. The molecule has 4 aromatic heterocycles. The van der Waals surface area contributed by atoms with Gasteiger partial charge in [0, 0.05) is 23.7 Å². The molecule has 0 aliphatic heterocycles. The molecule has 0 radical (unpaired) electrons. The summed E-state index contributed by atoms with van der Waals surface area (Å²) in [4.78, 5) is 44.5. The fourth-order valence-corrected chi connectivity index (χ4v) is 8.38. The zero-order chi connectivity index (χ0) is 26.9. The number of carbonyl (C=O) groups is 1. The monoisotopic (exact) mass is 564 g/mol. The second-order valence-electron chi connectivity index (χ2n) is 9.36. The van der Waals surface area contributed by atoms with E-state index < -0.39 is 32.9 Å². The minimum atomic E-state index is -4.48. The lowest BCUT2D eigenvalue weighted by atomic mass is 10.3. The Kier molecular flexibility index (Phi) is 5.91. The number of sulfonamides is 1. The van der Waals surface area contributed by atoms with Gasteiger partial charge in [0.05, 0.1) is 40.9 Å². The van der Waals surface area contributed by atoms with Crippen molar-refractivity contribution < 1.29 is 18.3 Å². The van der Waals surface area contributed by atoms with Gasteiger partial charge in [0.2, 0.25) is 0 Å². The summed E-state index contributed by atoms with van der Waals surface area (Å²) in [5, 5.41) is 14.7. The van der Waals surface area contributed by atoms with Crippen LogP contribution in [0.5, 0.6) is 0 Å². The normalized spacial score (nSPS) is 14.8. The molecular weight excluding hydrogens is 540 g/mol. The highest BCUT2D eigenvalue weighted by molar-refractivity contribution is 7.92.